The lowest BCUT2D eigenvalue weighted by molar-refractivity contribution is 0.434. The van der Waals surface area contributed by atoms with E-state index in [9.17, 15) is 8.42 Å². The molecule has 0 aromatic heterocycles. The Morgan fingerprint density at radius 3 is 1.65 bits per heavy atom. The Bertz CT molecular complexity index is 1670. The summed E-state index contributed by atoms with van der Waals surface area (Å²) in [6, 6.07) is 20.2. The van der Waals surface area contributed by atoms with Crippen molar-refractivity contribution in [1.82, 2.24) is 4.90 Å². The van der Waals surface area contributed by atoms with E-state index in [2.05, 4.69) is 101 Å². The van der Waals surface area contributed by atoms with Gasteiger partial charge < -0.3 is 4.90 Å². The normalized spacial score (nSPS) is 10.8. The fourth-order valence-electron chi connectivity index (χ4n) is 4.08. The van der Waals surface area contributed by atoms with Crippen molar-refractivity contribution >= 4 is 43.6 Å². The summed E-state index contributed by atoms with van der Waals surface area (Å²) in [7, 11) is 0.444. The number of nitrogens with zero attached hydrogens (tertiary/aromatic N) is 5. The van der Waals surface area contributed by atoms with E-state index in [0.29, 0.717) is 6.26 Å². The van der Waals surface area contributed by atoms with Gasteiger partial charge in [-0.25, -0.2) is 0 Å². The van der Waals surface area contributed by atoms with Crippen molar-refractivity contribution in [2.24, 2.45) is 20.5 Å². The molecule has 9 heteroatoms. The summed E-state index contributed by atoms with van der Waals surface area (Å²) in [6.07, 6.45) is 0.715. The van der Waals surface area contributed by atoms with Crippen LogP contribution in [-0.2, 0) is 10.1 Å². The summed E-state index contributed by atoms with van der Waals surface area (Å²) >= 11 is 0. The SMILES string of the molecule is CC.CC.CCN(C)C.CS(=O)(=O)O.Cc1ccc(N=Nc2c(C)cc3ccc(N=Nc4ccccc4)c(C)c3c2C)c(C)c1C. The number of benzene rings is 4. The summed E-state index contributed by atoms with van der Waals surface area (Å²) in [5.74, 6) is 0. The molecule has 0 aliphatic carbocycles. The van der Waals surface area contributed by atoms with Gasteiger partial charge in [-0.15, -0.1) is 5.11 Å². The smallest absolute Gasteiger partial charge is 0.261 e. The van der Waals surface area contributed by atoms with Crippen molar-refractivity contribution in [2.45, 2.75) is 76.2 Å². The second-order valence-corrected chi connectivity index (χ2v) is 12.0. The number of rotatable bonds is 5. The van der Waals surface area contributed by atoms with Gasteiger partial charge in [0.25, 0.3) is 10.1 Å². The van der Waals surface area contributed by atoms with Gasteiger partial charge in [0.1, 0.15) is 0 Å². The Morgan fingerprint density at radius 2 is 1.13 bits per heavy atom. The molecule has 0 aliphatic heterocycles. The predicted octanol–water partition coefficient (Wildman–Crippen LogP) is 11.6. The molecule has 4 aromatic carbocycles. The van der Waals surface area contributed by atoms with Crippen LogP contribution in [0.2, 0.25) is 0 Å². The van der Waals surface area contributed by atoms with E-state index >= 15 is 0 Å². The minimum absolute atomic E-state index is 0.715. The van der Waals surface area contributed by atoms with Crippen LogP contribution in [0.1, 0.15) is 68.0 Å². The van der Waals surface area contributed by atoms with Crippen LogP contribution in [0.25, 0.3) is 10.8 Å². The van der Waals surface area contributed by atoms with E-state index in [1.807, 2.05) is 70.2 Å². The van der Waals surface area contributed by atoms with Gasteiger partial charge in [0, 0.05) is 0 Å². The molecular formula is C37H55N5O3S. The van der Waals surface area contributed by atoms with Crippen molar-refractivity contribution in [2.75, 3.05) is 26.9 Å². The summed E-state index contributed by atoms with van der Waals surface area (Å²) < 4.78 is 25.9. The molecule has 0 amide bonds. The molecule has 252 valence electrons. The molecule has 1 N–H and O–H groups in total. The Labute approximate surface area is 278 Å². The molecule has 0 unspecified atom stereocenters. The van der Waals surface area contributed by atoms with Gasteiger partial charge in [-0.2, -0.15) is 23.8 Å². The zero-order valence-corrected chi connectivity index (χ0v) is 31.2. The van der Waals surface area contributed by atoms with Crippen molar-refractivity contribution < 1.29 is 13.0 Å². The zero-order valence-electron chi connectivity index (χ0n) is 30.4. The lowest BCUT2D eigenvalue weighted by atomic mass is 9.95. The quantitative estimate of drug-likeness (QED) is 0.171. The molecule has 0 spiro atoms. The third-order valence-electron chi connectivity index (χ3n) is 6.89. The van der Waals surface area contributed by atoms with E-state index in [1.165, 1.54) is 22.1 Å². The minimum atomic E-state index is -3.67. The molecule has 4 rings (SSSR count). The first-order chi connectivity index (χ1) is 21.6. The summed E-state index contributed by atoms with van der Waals surface area (Å²) in [5.41, 5.74) is 10.5. The Hall–Kier alpha value is -3.79. The molecule has 0 radical (unpaired) electrons. The second kappa shape index (κ2) is 21.1. The number of hydrogen-bond donors (Lipinski definition) is 1. The van der Waals surface area contributed by atoms with Crippen LogP contribution in [0, 0.1) is 41.5 Å². The van der Waals surface area contributed by atoms with Crippen LogP contribution < -0.4 is 0 Å². The van der Waals surface area contributed by atoms with Gasteiger partial charge in [-0.05, 0) is 137 Å². The van der Waals surface area contributed by atoms with E-state index < -0.39 is 10.1 Å². The average Bonchev–Trinajstić information content (AvgIpc) is 3.02. The summed E-state index contributed by atoms with van der Waals surface area (Å²) in [5, 5.41) is 20.6. The lowest BCUT2D eigenvalue weighted by Gasteiger charge is -2.13. The summed E-state index contributed by atoms with van der Waals surface area (Å²) in [4.78, 5) is 2.12. The third kappa shape index (κ3) is 14.1. The van der Waals surface area contributed by atoms with Gasteiger partial charge in [0.05, 0.1) is 29.0 Å². The van der Waals surface area contributed by atoms with Gasteiger partial charge in [-0.1, -0.05) is 65.0 Å². The Kier molecular flexibility index (Phi) is 19.4. The highest BCUT2D eigenvalue weighted by Crippen LogP contribution is 2.38. The van der Waals surface area contributed by atoms with Gasteiger partial charge in [-0.3, -0.25) is 4.55 Å². The largest absolute Gasteiger partial charge is 0.310 e. The Morgan fingerprint density at radius 1 is 0.652 bits per heavy atom. The molecular weight excluding hydrogens is 595 g/mol. The van der Waals surface area contributed by atoms with Crippen molar-refractivity contribution in [3.05, 3.63) is 94.0 Å². The highest BCUT2D eigenvalue weighted by atomic mass is 32.2. The van der Waals surface area contributed by atoms with E-state index in [4.69, 9.17) is 9.67 Å². The molecule has 0 atom stereocenters. The minimum Gasteiger partial charge on any atom is -0.310 e. The maximum Gasteiger partial charge on any atom is 0.261 e. The lowest BCUT2D eigenvalue weighted by Crippen LogP contribution is -2.08. The maximum atomic E-state index is 9.19. The van der Waals surface area contributed by atoms with E-state index in [0.717, 1.165) is 51.4 Å². The molecule has 0 bridgehead atoms. The van der Waals surface area contributed by atoms with Crippen molar-refractivity contribution in [3.8, 4) is 0 Å². The maximum absolute atomic E-state index is 9.19. The van der Waals surface area contributed by atoms with Crippen LogP contribution in [-0.4, -0.2) is 44.8 Å². The van der Waals surface area contributed by atoms with Gasteiger partial charge >= 0.3 is 0 Å². The fraction of sp³-hybridized carbons (Fsp3) is 0.405. The zero-order chi connectivity index (χ0) is 35.6. The monoisotopic (exact) mass is 649 g/mol. The molecule has 8 nitrogen and oxygen atoms in total. The fourth-order valence-corrected chi connectivity index (χ4v) is 4.08. The van der Waals surface area contributed by atoms with Crippen LogP contribution in [0.4, 0.5) is 22.7 Å². The molecule has 0 fully saturated rings. The second-order valence-electron chi connectivity index (χ2n) is 10.5. The van der Waals surface area contributed by atoms with Crippen molar-refractivity contribution in [1.29, 1.82) is 0 Å². The number of azo groups is 2. The number of fused-ring (bicyclic) bond motifs is 1. The molecule has 0 saturated heterocycles. The summed E-state index contributed by atoms with van der Waals surface area (Å²) in [6.45, 7) is 23.9. The first kappa shape index (κ1) is 42.2. The first-order valence-corrected chi connectivity index (χ1v) is 17.5. The van der Waals surface area contributed by atoms with E-state index in [1.54, 1.807) is 0 Å². The molecule has 0 aliphatic rings. The highest BCUT2D eigenvalue weighted by Gasteiger charge is 2.12. The number of aryl methyl sites for hydroxylation is 4. The standard InChI is InChI=1S/C28H28N4.C4H11N.2C2H6.CH4O3S/c1-17-12-14-25(20(4)19(17)3)31-32-28-18(2)16-23-13-15-26(21(5)27(23)22(28)6)30-29-24-10-8-7-9-11-24;1-4-5(2)3;2*1-2;1-5(2,3)4/h7-16H,1-6H3;4H2,1-3H3;2*1-2H3;1H3,(H,2,3,4). The average molecular weight is 650 g/mol. The third-order valence-corrected chi connectivity index (χ3v) is 6.89. The number of hydrogen-bond acceptors (Lipinski definition) is 7. The van der Waals surface area contributed by atoms with Crippen LogP contribution in [0.5, 0.6) is 0 Å². The molecule has 46 heavy (non-hydrogen) atoms. The highest BCUT2D eigenvalue weighted by molar-refractivity contribution is 7.85. The van der Waals surface area contributed by atoms with Crippen LogP contribution in [0.15, 0.2) is 81.1 Å². The van der Waals surface area contributed by atoms with E-state index in [-0.39, 0.29) is 0 Å². The van der Waals surface area contributed by atoms with Gasteiger partial charge in [0.2, 0.25) is 0 Å². The Balaban J connectivity index is 0.00000123. The first-order valence-electron chi connectivity index (χ1n) is 15.7. The molecule has 4 aromatic rings. The topological polar surface area (TPSA) is 107 Å². The van der Waals surface area contributed by atoms with Crippen LogP contribution in [0.3, 0.4) is 0 Å². The molecule has 0 saturated carbocycles. The van der Waals surface area contributed by atoms with Crippen LogP contribution >= 0.6 is 0 Å². The molecule has 0 heterocycles. The van der Waals surface area contributed by atoms with Crippen molar-refractivity contribution in [3.63, 3.8) is 0 Å². The van der Waals surface area contributed by atoms with Gasteiger partial charge in [0.15, 0.2) is 0 Å². The predicted molar refractivity (Wildman–Crippen MR) is 198 cm³/mol.